The van der Waals surface area contributed by atoms with Crippen LogP contribution in [0.3, 0.4) is 0 Å². The highest BCUT2D eigenvalue weighted by atomic mass is 16.6. The molecule has 2 aromatic rings. The third-order valence-corrected chi connectivity index (χ3v) is 12.0. The highest BCUT2D eigenvalue weighted by Gasteiger charge is 2.43. The van der Waals surface area contributed by atoms with Gasteiger partial charge in [-0.25, -0.2) is 4.79 Å². The molecule has 4 atom stereocenters. The lowest BCUT2D eigenvalue weighted by atomic mass is 10.0. The van der Waals surface area contributed by atoms with E-state index in [1.54, 1.807) is 0 Å². The predicted molar refractivity (Wildman–Crippen MR) is 233 cm³/mol. The van der Waals surface area contributed by atoms with Gasteiger partial charge in [0, 0.05) is 121 Å². The van der Waals surface area contributed by atoms with Crippen molar-refractivity contribution in [3.63, 3.8) is 0 Å². The van der Waals surface area contributed by atoms with Gasteiger partial charge in [0.05, 0.1) is 6.07 Å². The van der Waals surface area contributed by atoms with Gasteiger partial charge >= 0.3 is 6.09 Å². The highest BCUT2D eigenvalue weighted by molar-refractivity contribution is 5.69. The van der Waals surface area contributed by atoms with Gasteiger partial charge in [0.15, 0.2) is 0 Å². The second-order valence-corrected chi connectivity index (χ2v) is 18.4. The fourth-order valence-corrected chi connectivity index (χ4v) is 8.89. The lowest BCUT2D eigenvalue weighted by Gasteiger charge is -2.27. The van der Waals surface area contributed by atoms with Crippen LogP contribution in [-0.4, -0.2) is 159 Å². The molecule has 4 aliphatic rings. The number of ether oxygens (including phenoxy) is 1. The minimum absolute atomic E-state index is 0.167. The van der Waals surface area contributed by atoms with E-state index in [4.69, 9.17) is 10.00 Å². The number of anilines is 4. The van der Waals surface area contributed by atoms with Gasteiger partial charge in [-0.2, -0.15) is 5.26 Å². The SMILES string of the molecule is CN(C)CCCN(C)c1ccc(N2C[C@H]3CN(C(=O)OC(C)(C)C)C[C@H]3C2)cc1.CN(C)CCCN(C)c1ccc(N2C[C@H]3CN(CCCC#N)C[C@H]3C2)cc1. The number of amides is 1. The Morgan fingerprint density at radius 2 is 1.05 bits per heavy atom. The van der Waals surface area contributed by atoms with Crippen LogP contribution in [0.4, 0.5) is 27.5 Å². The van der Waals surface area contributed by atoms with Crippen molar-refractivity contribution < 1.29 is 9.53 Å². The molecule has 0 aromatic heterocycles. The fraction of sp³-hybridized carbons (Fsp3) is 0.689. The second-order valence-electron chi connectivity index (χ2n) is 18.4. The van der Waals surface area contributed by atoms with Gasteiger partial charge in [0.2, 0.25) is 0 Å². The lowest BCUT2D eigenvalue weighted by Crippen LogP contribution is -2.37. The molecule has 2 aromatic carbocycles. The molecule has 6 rings (SSSR count). The van der Waals surface area contributed by atoms with Gasteiger partial charge in [-0.3, -0.25) is 0 Å². The maximum Gasteiger partial charge on any atom is 0.410 e. The van der Waals surface area contributed by atoms with Gasteiger partial charge in [0.1, 0.15) is 5.60 Å². The minimum Gasteiger partial charge on any atom is -0.444 e. The highest BCUT2D eigenvalue weighted by Crippen LogP contribution is 2.36. The average molecular weight is 772 g/mol. The Morgan fingerprint density at radius 1 is 0.643 bits per heavy atom. The van der Waals surface area contributed by atoms with Gasteiger partial charge < -0.3 is 43.9 Å². The average Bonchev–Trinajstić information content (AvgIpc) is 3.92. The molecule has 0 radical (unpaired) electrons. The van der Waals surface area contributed by atoms with Crippen LogP contribution in [0.2, 0.25) is 0 Å². The van der Waals surface area contributed by atoms with E-state index >= 15 is 0 Å². The fourth-order valence-electron chi connectivity index (χ4n) is 8.89. The number of unbranched alkanes of at least 4 members (excludes halogenated alkanes) is 1. The van der Waals surface area contributed by atoms with Crippen LogP contribution >= 0.6 is 0 Å². The second kappa shape index (κ2) is 20.1. The number of benzene rings is 2. The van der Waals surface area contributed by atoms with E-state index in [0.717, 1.165) is 83.6 Å². The van der Waals surface area contributed by atoms with Crippen molar-refractivity contribution in [3.05, 3.63) is 48.5 Å². The molecule has 0 spiro atoms. The number of nitrogens with zero attached hydrogens (tertiary/aromatic N) is 9. The molecule has 56 heavy (non-hydrogen) atoms. The van der Waals surface area contributed by atoms with Crippen LogP contribution < -0.4 is 19.6 Å². The molecule has 0 bridgehead atoms. The molecule has 11 nitrogen and oxygen atoms in total. The molecule has 4 fully saturated rings. The topological polar surface area (TPSA) is 76.0 Å². The first-order valence-electron chi connectivity index (χ1n) is 21.2. The van der Waals surface area contributed by atoms with E-state index in [1.807, 2.05) is 25.7 Å². The van der Waals surface area contributed by atoms with Crippen molar-refractivity contribution in [3.8, 4) is 6.07 Å². The molecular weight excluding hydrogens is 699 g/mol. The Hall–Kier alpha value is -3.72. The van der Waals surface area contributed by atoms with Crippen molar-refractivity contribution in [2.45, 2.75) is 52.1 Å². The van der Waals surface area contributed by atoms with E-state index in [2.05, 4.69) is 131 Å². The molecule has 4 saturated heterocycles. The van der Waals surface area contributed by atoms with E-state index in [-0.39, 0.29) is 6.09 Å². The Bertz CT molecular complexity index is 1510. The van der Waals surface area contributed by atoms with Crippen LogP contribution in [0, 0.1) is 35.0 Å². The summed E-state index contributed by atoms with van der Waals surface area (Å²) in [7, 11) is 12.8. The van der Waals surface area contributed by atoms with Crippen molar-refractivity contribution in [2.75, 3.05) is 147 Å². The zero-order chi connectivity index (χ0) is 40.4. The normalized spacial score (nSPS) is 21.9. The van der Waals surface area contributed by atoms with Crippen molar-refractivity contribution >= 4 is 28.8 Å². The third kappa shape index (κ3) is 12.6. The summed E-state index contributed by atoms with van der Waals surface area (Å²) in [6.07, 6.45) is 3.89. The standard InChI is InChI=1S/C23H38N4O2.C22H35N5/c1-23(2,3)29-22(28)27-16-18-14-26(15-19(18)17-27)21-10-8-20(9-11-21)25(6)13-7-12-24(4)5;1-24(2)12-6-13-25(3)21-7-9-22(10-8-21)27-17-19-15-26(14-5-4-11-23)16-20(19)18-27/h8-11,18-19H,7,12-17H2,1-6H3;7-10,19-20H,4-6,12-18H2,1-3H3/t18-,19+;19-,20+. The van der Waals surface area contributed by atoms with E-state index in [0.29, 0.717) is 18.3 Å². The molecule has 11 heteroatoms. The van der Waals surface area contributed by atoms with Gasteiger partial charge in [-0.05, 0) is 148 Å². The van der Waals surface area contributed by atoms with Crippen molar-refractivity contribution in [1.29, 1.82) is 5.26 Å². The Kier molecular flexibility index (Phi) is 15.6. The van der Waals surface area contributed by atoms with E-state index in [1.165, 1.54) is 55.3 Å². The summed E-state index contributed by atoms with van der Waals surface area (Å²) in [5.41, 5.74) is 4.80. The zero-order valence-electron chi connectivity index (χ0n) is 36.3. The zero-order valence-corrected chi connectivity index (χ0v) is 36.3. The first kappa shape index (κ1) is 43.4. The third-order valence-electron chi connectivity index (χ3n) is 12.0. The summed E-state index contributed by atoms with van der Waals surface area (Å²) in [5.74, 6) is 2.66. The Morgan fingerprint density at radius 3 is 1.43 bits per heavy atom. The van der Waals surface area contributed by atoms with Gasteiger partial charge in [-0.15, -0.1) is 0 Å². The van der Waals surface area contributed by atoms with Crippen LogP contribution in [0.25, 0.3) is 0 Å². The summed E-state index contributed by atoms with van der Waals surface area (Å²) in [5, 5.41) is 8.70. The minimum atomic E-state index is -0.428. The smallest absolute Gasteiger partial charge is 0.410 e. The van der Waals surface area contributed by atoms with E-state index in [9.17, 15) is 4.79 Å². The first-order valence-corrected chi connectivity index (χ1v) is 21.2. The number of hydrogen-bond acceptors (Lipinski definition) is 10. The maximum atomic E-state index is 12.3. The molecule has 4 heterocycles. The monoisotopic (exact) mass is 772 g/mol. The Balaban J connectivity index is 0.000000215. The summed E-state index contributed by atoms with van der Waals surface area (Å²) >= 11 is 0. The first-order chi connectivity index (χ1) is 26.7. The van der Waals surface area contributed by atoms with Crippen LogP contribution in [-0.2, 0) is 4.74 Å². The van der Waals surface area contributed by atoms with Crippen LogP contribution in [0.1, 0.15) is 46.5 Å². The number of carbonyl (C=O) groups excluding carboxylic acids is 1. The van der Waals surface area contributed by atoms with E-state index < -0.39 is 5.60 Å². The quantitative estimate of drug-likeness (QED) is 0.198. The molecule has 0 aliphatic carbocycles. The molecule has 0 unspecified atom stereocenters. The lowest BCUT2D eigenvalue weighted by molar-refractivity contribution is 0.0282. The predicted octanol–water partition coefficient (Wildman–Crippen LogP) is 6.12. The molecule has 1 amide bonds. The van der Waals surface area contributed by atoms with Gasteiger partial charge in [-0.1, -0.05) is 0 Å². The molecule has 310 valence electrons. The summed E-state index contributed by atoms with van der Waals surface area (Å²) in [6.45, 7) is 19.7. The number of nitriles is 1. The van der Waals surface area contributed by atoms with Crippen LogP contribution in [0.5, 0.6) is 0 Å². The summed E-state index contributed by atoms with van der Waals surface area (Å²) < 4.78 is 5.54. The molecular formula is C45H73N9O2. The van der Waals surface area contributed by atoms with Crippen molar-refractivity contribution in [2.24, 2.45) is 23.7 Å². The molecule has 0 saturated carbocycles. The number of hydrogen-bond donors (Lipinski definition) is 0. The summed E-state index contributed by atoms with van der Waals surface area (Å²) in [6, 6.07) is 20.3. The Labute approximate surface area is 339 Å². The molecule has 4 aliphatic heterocycles. The van der Waals surface area contributed by atoms with Crippen molar-refractivity contribution in [1.82, 2.24) is 19.6 Å². The number of likely N-dealkylation sites (tertiary alicyclic amines) is 2. The molecule has 0 N–H and O–H groups in total. The van der Waals surface area contributed by atoms with Crippen LogP contribution in [0.15, 0.2) is 48.5 Å². The van der Waals surface area contributed by atoms with Gasteiger partial charge in [0.25, 0.3) is 0 Å². The summed E-state index contributed by atoms with van der Waals surface area (Å²) in [4.78, 5) is 31.0. The number of fused-ring (bicyclic) bond motifs is 2. The largest absolute Gasteiger partial charge is 0.444 e. The number of carbonyl (C=O) groups is 1. The maximum absolute atomic E-state index is 12.3. The number of rotatable bonds is 15.